The summed E-state index contributed by atoms with van der Waals surface area (Å²) in [5.41, 5.74) is 0.961. The van der Waals surface area contributed by atoms with Crippen LogP contribution < -0.4 is 16.0 Å². The van der Waals surface area contributed by atoms with E-state index in [4.69, 9.17) is 0 Å². The van der Waals surface area contributed by atoms with Gasteiger partial charge in [-0.05, 0) is 36.5 Å². The Morgan fingerprint density at radius 1 is 1.30 bits per heavy atom. The number of carbonyl (C=O) groups is 1. The van der Waals surface area contributed by atoms with Gasteiger partial charge in [-0.15, -0.1) is 0 Å². The molecule has 33 heavy (non-hydrogen) atoms. The minimum absolute atomic E-state index is 0.0452. The van der Waals surface area contributed by atoms with Crippen LogP contribution in [0.25, 0.3) is 0 Å². The highest BCUT2D eigenvalue weighted by Gasteiger charge is 2.36. The Labute approximate surface area is 188 Å². The molecule has 9 nitrogen and oxygen atoms in total. The van der Waals surface area contributed by atoms with Crippen molar-refractivity contribution in [3.05, 3.63) is 35.5 Å². The van der Waals surface area contributed by atoms with E-state index in [1.54, 1.807) is 18.2 Å². The zero-order chi connectivity index (χ0) is 23.8. The second-order valence-corrected chi connectivity index (χ2v) is 10.2. The molecular formula is C20H23F3N6O3S. The standard InChI is InChI=1S/C20H23F3N6O3S/c1-33(31,32)29-6-2-3-12(11-29)9-24-18-15(20(21,22)23)10-25-19(28-18)26-14-5-4-13-7-17(30)27-16(13)8-14/h4-5,8,10,12H,2-3,6-7,9,11H2,1H3,(H,27,30)(H2,24,25,26,28). The Morgan fingerprint density at radius 3 is 2.82 bits per heavy atom. The van der Waals surface area contributed by atoms with Crippen LogP contribution in [0, 0.1) is 5.92 Å². The topological polar surface area (TPSA) is 116 Å². The maximum atomic E-state index is 13.5. The number of hydrogen-bond donors (Lipinski definition) is 3. The number of benzene rings is 1. The van der Waals surface area contributed by atoms with Gasteiger partial charge in [0.05, 0.1) is 12.7 Å². The second-order valence-electron chi connectivity index (χ2n) is 8.19. The van der Waals surface area contributed by atoms with E-state index in [-0.39, 0.29) is 43.1 Å². The van der Waals surface area contributed by atoms with Crippen LogP contribution in [-0.4, -0.2) is 54.5 Å². The van der Waals surface area contributed by atoms with Crippen molar-refractivity contribution in [1.29, 1.82) is 0 Å². The molecular weight excluding hydrogens is 461 g/mol. The molecule has 0 saturated carbocycles. The van der Waals surface area contributed by atoms with Crippen molar-refractivity contribution in [2.24, 2.45) is 5.92 Å². The Bertz CT molecular complexity index is 1170. The van der Waals surface area contributed by atoms with Gasteiger partial charge in [-0.1, -0.05) is 6.07 Å². The second kappa shape index (κ2) is 8.78. The SMILES string of the molecule is CS(=O)(=O)N1CCCC(CNc2nc(Nc3ccc4c(c3)NC(=O)C4)ncc2C(F)(F)F)C1. The van der Waals surface area contributed by atoms with Crippen LogP contribution in [0.5, 0.6) is 0 Å². The lowest BCUT2D eigenvalue weighted by Gasteiger charge is -2.31. The van der Waals surface area contributed by atoms with E-state index in [9.17, 15) is 26.4 Å². The maximum absolute atomic E-state index is 13.5. The van der Waals surface area contributed by atoms with E-state index >= 15 is 0 Å². The molecule has 178 valence electrons. The molecule has 13 heteroatoms. The Kier molecular flexibility index (Phi) is 6.18. The number of sulfonamides is 1. The van der Waals surface area contributed by atoms with Gasteiger partial charge in [0.25, 0.3) is 0 Å². The fourth-order valence-corrected chi connectivity index (χ4v) is 4.88. The highest BCUT2D eigenvalue weighted by Crippen LogP contribution is 2.35. The zero-order valence-electron chi connectivity index (χ0n) is 17.7. The first-order valence-corrected chi connectivity index (χ1v) is 12.2. The van der Waals surface area contributed by atoms with Gasteiger partial charge in [0.2, 0.25) is 21.9 Å². The number of rotatable bonds is 6. The molecule has 2 aromatic rings. The number of halogens is 3. The normalized spacial score (nSPS) is 19.2. The summed E-state index contributed by atoms with van der Waals surface area (Å²) in [4.78, 5) is 19.3. The fourth-order valence-electron chi connectivity index (χ4n) is 3.94. The highest BCUT2D eigenvalue weighted by atomic mass is 32.2. The van der Waals surface area contributed by atoms with Crippen molar-refractivity contribution < 1.29 is 26.4 Å². The molecule has 3 N–H and O–H groups in total. The lowest BCUT2D eigenvalue weighted by atomic mass is 10.00. The molecule has 1 atom stereocenters. The molecule has 1 fully saturated rings. The van der Waals surface area contributed by atoms with Gasteiger partial charge in [-0.3, -0.25) is 4.79 Å². The molecule has 1 aromatic carbocycles. The average Bonchev–Trinajstić information content (AvgIpc) is 3.10. The van der Waals surface area contributed by atoms with E-state index in [0.717, 1.165) is 11.8 Å². The van der Waals surface area contributed by atoms with Crippen molar-refractivity contribution in [1.82, 2.24) is 14.3 Å². The van der Waals surface area contributed by atoms with Crippen molar-refractivity contribution >= 4 is 39.1 Å². The first-order valence-electron chi connectivity index (χ1n) is 10.3. The smallest absolute Gasteiger partial charge is 0.369 e. The number of nitrogens with zero attached hydrogens (tertiary/aromatic N) is 3. The minimum atomic E-state index is -4.66. The summed E-state index contributed by atoms with van der Waals surface area (Å²) in [6.07, 6.45) is -1.23. The third kappa shape index (κ3) is 5.53. The van der Waals surface area contributed by atoms with Crippen molar-refractivity contribution in [3.63, 3.8) is 0 Å². The molecule has 3 heterocycles. The van der Waals surface area contributed by atoms with Crippen LogP contribution >= 0.6 is 0 Å². The summed E-state index contributed by atoms with van der Waals surface area (Å²) >= 11 is 0. The van der Waals surface area contributed by atoms with Gasteiger partial charge in [-0.2, -0.15) is 18.2 Å². The Morgan fingerprint density at radius 2 is 2.09 bits per heavy atom. The maximum Gasteiger partial charge on any atom is 0.421 e. The molecule has 1 aromatic heterocycles. The van der Waals surface area contributed by atoms with Gasteiger partial charge in [0, 0.05) is 37.2 Å². The molecule has 0 radical (unpaired) electrons. The van der Waals surface area contributed by atoms with Crippen molar-refractivity contribution in [2.75, 3.05) is 41.8 Å². The lowest BCUT2D eigenvalue weighted by molar-refractivity contribution is -0.137. The molecule has 2 aliphatic rings. The van der Waals surface area contributed by atoms with Crippen molar-refractivity contribution in [3.8, 4) is 0 Å². The predicted octanol–water partition coefficient (Wildman–Crippen LogP) is 2.82. The summed E-state index contributed by atoms with van der Waals surface area (Å²) < 4.78 is 65.5. The number of hydrogen-bond acceptors (Lipinski definition) is 7. The first kappa shape index (κ1) is 23.2. The van der Waals surface area contributed by atoms with E-state index in [1.807, 2.05) is 0 Å². The van der Waals surface area contributed by atoms with Gasteiger partial charge >= 0.3 is 6.18 Å². The summed E-state index contributed by atoms with van der Waals surface area (Å²) in [6, 6.07) is 5.10. The molecule has 1 unspecified atom stereocenters. The molecule has 0 spiro atoms. The molecule has 1 amide bonds. The number of anilines is 4. The zero-order valence-corrected chi connectivity index (χ0v) is 18.6. The largest absolute Gasteiger partial charge is 0.421 e. The number of alkyl halides is 3. The van der Waals surface area contributed by atoms with E-state index < -0.39 is 21.8 Å². The van der Waals surface area contributed by atoms with Gasteiger partial charge < -0.3 is 16.0 Å². The van der Waals surface area contributed by atoms with Crippen LogP contribution in [0.3, 0.4) is 0 Å². The highest BCUT2D eigenvalue weighted by molar-refractivity contribution is 7.88. The lowest BCUT2D eigenvalue weighted by Crippen LogP contribution is -2.41. The van der Waals surface area contributed by atoms with Crippen LogP contribution in [0.4, 0.5) is 36.3 Å². The van der Waals surface area contributed by atoms with Gasteiger partial charge in [-0.25, -0.2) is 17.7 Å². The van der Waals surface area contributed by atoms with E-state index in [2.05, 4.69) is 25.9 Å². The monoisotopic (exact) mass is 484 g/mol. The summed E-state index contributed by atoms with van der Waals surface area (Å²) in [5.74, 6) is -0.708. The molecule has 4 rings (SSSR count). The van der Waals surface area contributed by atoms with Crippen molar-refractivity contribution in [2.45, 2.75) is 25.4 Å². The average molecular weight is 485 g/mol. The van der Waals surface area contributed by atoms with Crippen LogP contribution in [0.2, 0.25) is 0 Å². The van der Waals surface area contributed by atoms with Crippen LogP contribution in [0.1, 0.15) is 24.0 Å². The molecule has 2 aliphatic heterocycles. The summed E-state index contributed by atoms with van der Waals surface area (Å²) in [5, 5.41) is 8.32. The molecule has 0 bridgehead atoms. The number of amides is 1. The van der Waals surface area contributed by atoms with Gasteiger partial charge in [0.15, 0.2) is 0 Å². The van der Waals surface area contributed by atoms with Crippen LogP contribution in [-0.2, 0) is 27.4 Å². The quantitative estimate of drug-likeness (QED) is 0.577. The predicted molar refractivity (Wildman–Crippen MR) is 117 cm³/mol. The van der Waals surface area contributed by atoms with E-state index in [0.29, 0.717) is 37.0 Å². The number of nitrogens with one attached hydrogen (secondary N) is 3. The third-order valence-corrected chi connectivity index (χ3v) is 6.86. The molecule has 1 saturated heterocycles. The Hall–Kier alpha value is -2.93. The summed E-state index contributed by atoms with van der Waals surface area (Å²) in [6.45, 7) is 0.784. The van der Waals surface area contributed by atoms with E-state index in [1.165, 1.54) is 4.31 Å². The fraction of sp³-hybridized carbons (Fsp3) is 0.450. The number of fused-ring (bicyclic) bond motifs is 1. The minimum Gasteiger partial charge on any atom is -0.369 e. The summed E-state index contributed by atoms with van der Waals surface area (Å²) in [7, 11) is -3.36. The van der Waals surface area contributed by atoms with Crippen LogP contribution in [0.15, 0.2) is 24.4 Å². The molecule has 0 aliphatic carbocycles. The number of aromatic nitrogens is 2. The third-order valence-electron chi connectivity index (χ3n) is 5.59. The Balaban J connectivity index is 1.51. The first-order chi connectivity index (χ1) is 15.5. The number of piperidine rings is 1. The number of carbonyl (C=O) groups excluding carboxylic acids is 1. The van der Waals surface area contributed by atoms with Gasteiger partial charge in [0.1, 0.15) is 11.4 Å².